The van der Waals surface area contributed by atoms with Crippen molar-refractivity contribution in [3.63, 3.8) is 0 Å². The van der Waals surface area contributed by atoms with Crippen LogP contribution in [0.15, 0.2) is 48.5 Å². The van der Waals surface area contributed by atoms with Gasteiger partial charge in [0.05, 0.1) is 0 Å². The SMILES string of the molecule is O=C(O)CC[C@H](C(=O)O)N1C(=O)c2ccc3c4ccc5c6c(ccc(c7ccc(c2c37)C1=O)c64)C(=O)N([C@@H](CCC(=O)O)C(=O)O)C5=O. The summed E-state index contributed by atoms with van der Waals surface area (Å²) >= 11 is 0. The molecule has 0 aromatic heterocycles. The summed E-state index contributed by atoms with van der Waals surface area (Å²) in [4.78, 5) is 103. The molecule has 0 saturated carbocycles. The minimum atomic E-state index is -1.71. The summed E-state index contributed by atoms with van der Waals surface area (Å²) in [5.41, 5.74) is 0.177. The van der Waals surface area contributed by atoms with Gasteiger partial charge in [0.25, 0.3) is 23.6 Å². The van der Waals surface area contributed by atoms with Gasteiger partial charge in [0.1, 0.15) is 12.1 Å². The third kappa shape index (κ3) is 4.11. The molecule has 0 bridgehead atoms. The highest BCUT2D eigenvalue weighted by Gasteiger charge is 2.43. The van der Waals surface area contributed by atoms with Gasteiger partial charge in [-0.1, -0.05) is 24.3 Å². The van der Waals surface area contributed by atoms with Crippen molar-refractivity contribution in [2.75, 3.05) is 0 Å². The predicted molar refractivity (Wildman–Crippen MR) is 165 cm³/mol. The Morgan fingerprint density at radius 2 is 0.729 bits per heavy atom. The zero-order valence-electron chi connectivity index (χ0n) is 24.6. The lowest BCUT2D eigenvalue weighted by atomic mass is 9.82. The van der Waals surface area contributed by atoms with Gasteiger partial charge in [0, 0.05) is 45.9 Å². The molecule has 2 aliphatic heterocycles. The first-order chi connectivity index (χ1) is 22.8. The minimum Gasteiger partial charge on any atom is -0.481 e. The molecule has 5 aromatic rings. The average Bonchev–Trinajstić information content (AvgIpc) is 3.04. The Morgan fingerprint density at radius 3 is 0.958 bits per heavy atom. The van der Waals surface area contributed by atoms with E-state index in [1.165, 1.54) is 24.3 Å². The fraction of sp³-hybridized carbons (Fsp3) is 0.176. The number of hydrogen-bond acceptors (Lipinski definition) is 8. The maximum absolute atomic E-state index is 13.7. The monoisotopic (exact) mass is 650 g/mol. The summed E-state index contributed by atoms with van der Waals surface area (Å²) in [5, 5.41) is 41.7. The maximum Gasteiger partial charge on any atom is 0.326 e. The zero-order valence-corrected chi connectivity index (χ0v) is 24.6. The number of rotatable bonds is 10. The summed E-state index contributed by atoms with van der Waals surface area (Å²) in [6, 6.07) is 8.81. The van der Waals surface area contributed by atoms with Gasteiger partial charge in [-0.2, -0.15) is 0 Å². The minimum absolute atomic E-state index is 0.0443. The van der Waals surface area contributed by atoms with Gasteiger partial charge >= 0.3 is 23.9 Å². The molecule has 5 aromatic carbocycles. The third-order valence-electron chi connectivity index (χ3n) is 9.16. The van der Waals surface area contributed by atoms with Gasteiger partial charge in [-0.05, 0) is 69.4 Å². The molecule has 0 saturated heterocycles. The van der Waals surface area contributed by atoms with Crippen LogP contribution in [-0.4, -0.2) is 89.8 Å². The van der Waals surface area contributed by atoms with Crippen molar-refractivity contribution in [2.24, 2.45) is 0 Å². The molecule has 0 aliphatic carbocycles. The largest absolute Gasteiger partial charge is 0.481 e. The summed E-state index contributed by atoms with van der Waals surface area (Å²) in [7, 11) is 0. The van der Waals surface area contributed by atoms with Crippen LogP contribution in [0.4, 0.5) is 0 Å². The lowest BCUT2D eigenvalue weighted by molar-refractivity contribution is -0.144. The number of carboxylic acids is 4. The van der Waals surface area contributed by atoms with Crippen LogP contribution < -0.4 is 0 Å². The topological polar surface area (TPSA) is 224 Å². The highest BCUT2D eigenvalue weighted by molar-refractivity contribution is 6.41. The fourth-order valence-corrected chi connectivity index (χ4v) is 7.12. The van der Waals surface area contributed by atoms with Crippen LogP contribution >= 0.6 is 0 Å². The normalized spacial score (nSPS) is 15.6. The standard InChI is InChI=1S/C34H22N2O12/c37-23(38)11-9-21(33(45)46)35-29(41)17-5-1-13-14-2-6-19-28-20(32(44)36(31(19)43)22(34(47)48)10-12-24(39)40)8-4-16(26(14)28)15-3-7-18(30(35)42)27(17)25(13)15/h1-8,21-22H,9-12H2,(H,37,38)(H,39,40)(H,45,46)(H,47,48)/t21-,22+. The maximum atomic E-state index is 13.7. The first kappa shape index (κ1) is 30.2. The van der Waals surface area contributed by atoms with E-state index in [1.807, 2.05) is 0 Å². The second kappa shape index (κ2) is 10.6. The molecule has 14 heteroatoms. The Bertz CT molecular complexity index is 2090. The number of amides is 4. The van der Waals surface area contributed by atoms with Gasteiger partial charge in [-0.3, -0.25) is 38.6 Å². The first-order valence-corrected chi connectivity index (χ1v) is 14.7. The number of benzene rings is 5. The van der Waals surface area contributed by atoms with E-state index in [4.69, 9.17) is 10.2 Å². The van der Waals surface area contributed by atoms with Crippen molar-refractivity contribution >= 4 is 90.6 Å². The van der Waals surface area contributed by atoms with Crippen molar-refractivity contribution in [3.05, 3.63) is 70.8 Å². The number of carbonyl (C=O) groups excluding carboxylic acids is 4. The van der Waals surface area contributed by atoms with E-state index in [0.29, 0.717) is 42.1 Å². The van der Waals surface area contributed by atoms with Crippen LogP contribution in [0.1, 0.15) is 67.1 Å². The van der Waals surface area contributed by atoms with Crippen molar-refractivity contribution in [2.45, 2.75) is 37.8 Å². The van der Waals surface area contributed by atoms with Gasteiger partial charge < -0.3 is 20.4 Å². The van der Waals surface area contributed by atoms with Gasteiger partial charge in [-0.25, -0.2) is 9.59 Å². The van der Waals surface area contributed by atoms with Crippen LogP contribution in [-0.2, 0) is 19.2 Å². The number of hydrogen-bond donors (Lipinski definition) is 4. The summed E-state index contributed by atoms with van der Waals surface area (Å²) in [6.07, 6.45) is -2.14. The number of carbonyl (C=O) groups is 8. The third-order valence-corrected chi connectivity index (χ3v) is 9.16. The van der Waals surface area contributed by atoms with Gasteiger partial charge in [0.2, 0.25) is 0 Å². The Balaban J connectivity index is 1.44. The van der Waals surface area contributed by atoms with Crippen molar-refractivity contribution in [1.29, 1.82) is 0 Å². The second-order valence-electron chi connectivity index (χ2n) is 11.7. The van der Waals surface area contributed by atoms with Crippen molar-refractivity contribution < 1.29 is 58.8 Å². The molecule has 4 N–H and O–H groups in total. The number of carboxylic acid groups (broad SMARTS) is 4. The average molecular weight is 651 g/mol. The van der Waals surface area contributed by atoms with Crippen LogP contribution in [0.25, 0.3) is 43.1 Å². The zero-order chi connectivity index (χ0) is 34.3. The number of imide groups is 2. The van der Waals surface area contributed by atoms with E-state index in [-0.39, 0.29) is 33.0 Å². The molecule has 48 heavy (non-hydrogen) atoms. The lowest BCUT2D eigenvalue weighted by Gasteiger charge is -2.33. The molecular weight excluding hydrogens is 628 g/mol. The van der Waals surface area contributed by atoms with Gasteiger partial charge in [-0.15, -0.1) is 0 Å². The van der Waals surface area contributed by atoms with Crippen LogP contribution in [0.5, 0.6) is 0 Å². The smallest absolute Gasteiger partial charge is 0.326 e. The van der Waals surface area contributed by atoms with Crippen LogP contribution in [0.3, 0.4) is 0 Å². The van der Waals surface area contributed by atoms with Crippen molar-refractivity contribution in [3.8, 4) is 0 Å². The number of fused-ring (bicyclic) bond motifs is 2. The van der Waals surface area contributed by atoms with Gasteiger partial charge in [0.15, 0.2) is 0 Å². The molecule has 240 valence electrons. The molecule has 14 nitrogen and oxygen atoms in total. The Kier molecular flexibility index (Phi) is 6.64. The van der Waals surface area contributed by atoms with Crippen LogP contribution in [0.2, 0.25) is 0 Å². The number of aliphatic carboxylic acids is 4. The Morgan fingerprint density at radius 1 is 0.458 bits per heavy atom. The molecular formula is C34H22N2O12. The Labute approximate surface area is 267 Å². The molecule has 2 heterocycles. The fourth-order valence-electron chi connectivity index (χ4n) is 7.12. The second-order valence-corrected chi connectivity index (χ2v) is 11.7. The molecule has 0 fully saturated rings. The molecule has 0 spiro atoms. The first-order valence-electron chi connectivity index (χ1n) is 14.7. The Hall–Kier alpha value is -6.44. The molecule has 0 radical (unpaired) electrons. The summed E-state index contributed by atoms with van der Waals surface area (Å²) in [5.74, 6) is -9.19. The van der Waals surface area contributed by atoms with E-state index >= 15 is 0 Å². The summed E-state index contributed by atoms with van der Waals surface area (Å²) in [6.45, 7) is 0. The molecule has 2 atom stereocenters. The van der Waals surface area contributed by atoms with E-state index in [9.17, 15) is 48.6 Å². The molecule has 2 aliphatic rings. The van der Waals surface area contributed by atoms with E-state index in [1.54, 1.807) is 24.3 Å². The lowest BCUT2D eigenvalue weighted by Crippen LogP contribution is -2.50. The van der Waals surface area contributed by atoms with E-state index < -0.39 is 85.3 Å². The molecule has 7 rings (SSSR count). The van der Waals surface area contributed by atoms with Crippen LogP contribution in [0, 0.1) is 0 Å². The highest BCUT2D eigenvalue weighted by Crippen LogP contribution is 2.46. The highest BCUT2D eigenvalue weighted by atomic mass is 16.4. The van der Waals surface area contributed by atoms with Crippen molar-refractivity contribution in [1.82, 2.24) is 9.80 Å². The number of nitrogens with zero attached hydrogens (tertiary/aromatic N) is 2. The quantitative estimate of drug-likeness (QED) is 0.0967. The van der Waals surface area contributed by atoms with E-state index in [0.717, 1.165) is 0 Å². The van der Waals surface area contributed by atoms with E-state index in [2.05, 4.69) is 0 Å². The summed E-state index contributed by atoms with van der Waals surface area (Å²) < 4.78 is 0. The predicted octanol–water partition coefficient (Wildman–Crippen LogP) is 3.57. The molecule has 4 amide bonds. The molecule has 0 unspecified atom stereocenters.